The molecule has 1 atom stereocenters. The highest BCUT2D eigenvalue weighted by molar-refractivity contribution is 7.14. The van der Waals surface area contributed by atoms with Gasteiger partial charge < -0.3 is 15.7 Å². The number of aryl methyl sites for hydroxylation is 1. The van der Waals surface area contributed by atoms with Crippen molar-refractivity contribution in [2.75, 3.05) is 11.9 Å². The number of aliphatic hydroxyl groups is 1. The molecular formula is C14H17N3O2S. The molecule has 0 saturated heterocycles. The lowest BCUT2D eigenvalue weighted by atomic mass is 10.2. The first-order chi connectivity index (χ1) is 9.54. The van der Waals surface area contributed by atoms with Crippen molar-refractivity contribution < 1.29 is 9.90 Å². The van der Waals surface area contributed by atoms with Gasteiger partial charge in [0.2, 0.25) is 0 Å². The third-order valence-electron chi connectivity index (χ3n) is 2.56. The highest BCUT2D eigenvalue weighted by Gasteiger charge is 2.11. The first-order valence-corrected chi connectivity index (χ1v) is 7.18. The van der Waals surface area contributed by atoms with Crippen LogP contribution in [0.2, 0.25) is 0 Å². The molecule has 5 nitrogen and oxygen atoms in total. The summed E-state index contributed by atoms with van der Waals surface area (Å²) in [6.45, 7) is 3.85. The number of aliphatic hydroxyl groups excluding tert-OH is 1. The minimum absolute atomic E-state index is 0.219. The maximum atomic E-state index is 11.8. The summed E-state index contributed by atoms with van der Waals surface area (Å²) in [6, 6.07) is 7.93. The highest BCUT2D eigenvalue weighted by atomic mass is 32.1. The standard InChI is InChI=1S/C14H17N3O2S/c1-9-4-3-5-11(6-9)16-14-17-12(8-20-14)13(19)15-7-10(2)18/h3-6,8,10,18H,7H2,1-2H3,(H,15,19)(H,16,17). The molecule has 106 valence electrons. The number of carbonyl (C=O) groups is 1. The maximum Gasteiger partial charge on any atom is 0.270 e. The lowest BCUT2D eigenvalue weighted by Gasteiger charge is -2.05. The van der Waals surface area contributed by atoms with Gasteiger partial charge >= 0.3 is 0 Å². The Morgan fingerprint density at radius 1 is 1.50 bits per heavy atom. The molecule has 0 saturated carbocycles. The molecule has 2 aromatic rings. The molecule has 6 heteroatoms. The molecule has 1 heterocycles. The summed E-state index contributed by atoms with van der Waals surface area (Å²) in [4.78, 5) is 16.0. The smallest absolute Gasteiger partial charge is 0.270 e. The Kier molecular flexibility index (Phi) is 4.70. The number of nitrogens with zero attached hydrogens (tertiary/aromatic N) is 1. The molecule has 1 aromatic heterocycles. The van der Waals surface area contributed by atoms with Gasteiger partial charge in [0.25, 0.3) is 5.91 Å². The maximum absolute atomic E-state index is 11.8. The first kappa shape index (κ1) is 14.5. The Balaban J connectivity index is 2.00. The van der Waals surface area contributed by atoms with Crippen LogP contribution in [0.5, 0.6) is 0 Å². The van der Waals surface area contributed by atoms with Crippen LogP contribution in [0.15, 0.2) is 29.6 Å². The number of carbonyl (C=O) groups excluding carboxylic acids is 1. The van der Waals surface area contributed by atoms with Crippen LogP contribution in [-0.2, 0) is 0 Å². The zero-order valence-corrected chi connectivity index (χ0v) is 12.2. The Morgan fingerprint density at radius 2 is 2.30 bits per heavy atom. The number of anilines is 2. The van der Waals surface area contributed by atoms with Crippen LogP contribution in [0.3, 0.4) is 0 Å². The van der Waals surface area contributed by atoms with Crippen LogP contribution in [0.25, 0.3) is 0 Å². The number of benzene rings is 1. The van der Waals surface area contributed by atoms with E-state index < -0.39 is 6.10 Å². The summed E-state index contributed by atoms with van der Waals surface area (Å²) in [6.07, 6.45) is -0.567. The molecule has 0 aliphatic carbocycles. The normalized spacial score (nSPS) is 11.9. The van der Waals surface area contributed by atoms with Crippen LogP contribution in [0, 0.1) is 6.92 Å². The summed E-state index contributed by atoms with van der Waals surface area (Å²) in [7, 11) is 0. The van der Waals surface area contributed by atoms with Gasteiger partial charge in [0.15, 0.2) is 5.13 Å². The molecule has 0 spiro atoms. The minimum atomic E-state index is -0.567. The molecule has 0 aliphatic heterocycles. The fourth-order valence-electron chi connectivity index (χ4n) is 1.61. The van der Waals surface area contributed by atoms with Crippen molar-refractivity contribution in [2.24, 2.45) is 0 Å². The van der Waals surface area contributed by atoms with Gasteiger partial charge in [0, 0.05) is 17.6 Å². The van der Waals surface area contributed by atoms with Crippen molar-refractivity contribution >= 4 is 28.1 Å². The van der Waals surface area contributed by atoms with Gasteiger partial charge in [-0.05, 0) is 31.5 Å². The zero-order chi connectivity index (χ0) is 14.5. The number of rotatable bonds is 5. The third kappa shape index (κ3) is 4.04. The van der Waals surface area contributed by atoms with Gasteiger partial charge in [-0.2, -0.15) is 0 Å². The van der Waals surface area contributed by atoms with Crippen molar-refractivity contribution in [3.05, 3.63) is 40.9 Å². The number of nitrogens with one attached hydrogen (secondary N) is 2. The van der Waals surface area contributed by atoms with E-state index in [9.17, 15) is 4.79 Å². The molecule has 0 fully saturated rings. The van der Waals surface area contributed by atoms with E-state index in [0.717, 1.165) is 11.3 Å². The summed E-state index contributed by atoms with van der Waals surface area (Å²) in [5.41, 5.74) is 2.45. The Labute approximate surface area is 121 Å². The lowest BCUT2D eigenvalue weighted by molar-refractivity contribution is 0.0920. The first-order valence-electron chi connectivity index (χ1n) is 6.30. The topological polar surface area (TPSA) is 74.2 Å². The van der Waals surface area contributed by atoms with Crippen LogP contribution in [0.1, 0.15) is 23.0 Å². The number of aromatic nitrogens is 1. The van der Waals surface area contributed by atoms with E-state index in [1.165, 1.54) is 11.3 Å². The summed E-state index contributed by atoms with van der Waals surface area (Å²) >= 11 is 1.37. The molecule has 1 aromatic carbocycles. The quantitative estimate of drug-likeness (QED) is 0.790. The largest absolute Gasteiger partial charge is 0.392 e. The van der Waals surface area contributed by atoms with E-state index in [1.54, 1.807) is 12.3 Å². The van der Waals surface area contributed by atoms with Gasteiger partial charge in [-0.1, -0.05) is 12.1 Å². The second-order valence-electron chi connectivity index (χ2n) is 4.59. The molecule has 0 radical (unpaired) electrons. The van der Waals surface area contributed by atoms with E-state index in [2.05, 4.69) is 15.6 Å². The van der Waals surface area contributed by atoms with E-state index >= 15 is 0 Å². The van der Waals surface area contributed by atoms with E-state index in [1.807, 2.05) is 31.2 Å². The Morgan fingerprint density at radius 3 is 3.00 bits per heavy atom. The predicted octanol–water partition coefficient (Wildman–Crippen LogP) is 2.31. The van der Waals surface area contributed by atoms with Crippen molar-refractivity contribution in [1.82, 2.24) is 10.3 Å². The van der Waals surface area contributed by atoms with Gasteiger partial charge in [-0.3, -0.25) is 4.79 Å². The molecule has 0 bridgehead atoms. The summed E-state index contributed by atoms with van der Waals surface area (Å²) in [5.74, 6) is -0.278. The number of thiazole rings is 1. The van der Waals surface area contributed by atoms with Gasteiger partial charge in [-0.25, -0.2) is 4.98 Å². The monoisotopic (exact) mass is 291 g/mol. The predicted molar refractivity (Wildman–Crippen MR) is 80.6 cm³/mol. The fourth-order valence-corrected chi connectivity index (χ4v) is 2.32. The van der Waals surface area contributed by atoms with Crippen LogP contribution >= 0.6 is 11.3 Å². The molecule has 0 aliphatic rings. The fraction of sp³-hybridized carbons (Fsp3) is 0.286. The summed E-state index contributed by atoms with van der Waals surface area (Å²) in [5, 5.41) is 17.3. The van der Waals surface area contributed by atoms with Crippen LogP contribution in [-0.4, -0.2) is 28.6 Å². The Hall–Kier alpha value is -1.92. The van der Waals surface area contributed by atoms with Crippen molar-refractivity contribution in [3.8, 4) is 0 Å². The second-order valence-corrected chi connectivity index (χ2v) is 5.45. The van der Waals surface area contributed by atoms with E-state index in [0.29, 0.717) is 10.8 Å². The zero-order valence-electron chi connectivity index (χ0n) is 11.4. The molecule has 1 amide bonds. The third-order valence-corrected chi connectivity index (χ3v) is 3.32. The molecule has 3 N–H and O–H groups in total. The van der Waals surface area contributed by atoms with Gasteiger partial charge in [0.05, 0.1) is 6.10 Å². The molecule has 20 heavy (non-hydrogen) atoms. The highest BCUT2D eigenvalue weighted by Crippen LogP contribution is 2.21. The Bertz CT molecular complexity index is 596. The SMILES string of the molecule is Cc1cccc(Nc2nc(C(=O)NCC(C)O)cs2)c1. The van der Waals surface area contributed by atoms with Crippen molar-refractivity contribution in [2.45, 2.75) is 20.0 Å². The minimum Gasteiger partial charge on any atom is -0.392 e. The second kappa shape index (κ2) is 6.49. The lowest BCUT2D eigenvalue weighted by Crippen LogP contribution is -2.30. The molecule has 2 rings (SSSR count). The number of amides is 1. The van der Waals surface area contributed by atoms with E-state index in [4.69, 9.17) is 5.11 Å². The number of hydrogen-bond donors (Lipinski definition) is 3. The van der Waals surface area contributed by atoms with Crippen molar-refractivity contribution in [1.29, 1.82) is 0 Å². The average molecular weight is 291 g/mol. The van der Waals surface area contributed by atoms with Gasteiger partial charge in [0.1, 0.15) is 5.69 Å². The van der Waals surface area contributed by atoms with Crippen LogP contribution < -0.4 is 10.6 Å². The van der Waals surface area contributed by atoms with Gasteiger partial charge in [-0.15, -0.1) is 11.3 Å². The van der Waals surface area contributed by atoms with Crippen molar-refractivity contribution in [3.63, 3.8) is 0 Å². The molecular weight excluding hydrogens is 274 g/mol. The van der Waals surface area contributed by atoms with Crippen LogP contribution in [0.4, 0.5) is 10.8 Å². The van der Waals surface area contributed by atoms with E-state index in [-0.39, 0.29) is 12.5 Å². The average Bonchev–Trinajstić information content (AvgIpc) is 2.84. The molecule has 1 unspecified atom stereocenters. The number of hydrogen-bond acceptors (Lipinski definition) is 5. The summed E-state index contributed by atoms with van der Waals surface area (Å²) < 4.78 is 0.